The molecule has 0 atom stereocenters. The summed E-state index contributed by atoms with van der Waals surface area (Å²) in [6.07, 6.45) is 0. The lowest BCUT2D eigenvalue weighted by Gasteiger charge is -2.19. The van der Waals surface area contributed by atoms with Gasteiger partial charge < -0.3 is 0 Å². The minimum Gasteiger partial charge on any atom is -0.238 e. The lowest BCUT2D eigenvalue weighted by Crippen LogP contribution is -2.00. The molecule has 0 aliphatic carbocycles. The Labute approximate surface area is 382 Å². The fourth-order valence-electron chi connectivity index (χ4n) is 9.66. The van der Waals surface area contributed by atoms with Crippen LogP contribution in [0.5, 0.6) is 0 Å². The van der Waals surface area contributed by atoms with E-state index >= 15 is 0 Å². The Kier molecular flexibility index (Phi) is 9.51. The third-order valence-electron chi connectivity index (χ3n) is 12.8. The molecule has 1 aromatic heterocycles. The van der Waals surface area contributed by atoms with E-state index in [-0.39, 0.29) is 0 Å². The van der Waals surface area contributed by atoms with E-state index in [0.29, 0.717) is 23.2 Å². The number of hydrogen-bond donors (Lipinski definition) is 0. The van der Waals surface area contributed by atoms with Crippen molar-refractivity contribution in [3.63, 3.8) is 0 Å². The largest absolute Gasteiger partial charge is 0.238 e. The topological polar surface area (TPSA) is 43.0 Å². The van der Waals surface area contributed by atoms with E-state index in [1.54, 1.807) is 0 Å². The molecule has 0 saturated carbocycles. The molecule has 0 saturated heterocycles. The molecule has 1 heterocycles. The van der Waals surface area contributed by atoms with Gasteiger partial charge in [-0.2, -0.15) is 0 Å². The zero-order chi connectivity index (χ0) is 44.0. The van der Waals surface area contributed by atoms with Gasteiger partial charge in [0.25, 0.3) is 0 Å². The summed E-state index contributed by atoms with van der Waals surface area (Å²) in [5.74, 6) is 1.79. The van der Waals surface area contributed by atoms with Gasteiger partial charge in [0.2, 0.25) is 0 Å². The van der Waals surface area contributed by atoms with Crippen molar-refractivity contribution < 1.29 is 0 Å². The predicted molar refractivity (Wildman–Crippen MR) is 274 cm³/mol. The summed E-state index contributed by atoms with van der Waals surface area (Å²) in [7, 11) is 0. The van der Waals surface area contributed by atoms with E-state index in [0.717, 1.165) is 66.4 Å². The molecule has 4 nitrogen and oxygen atoms in total. The van der Waals surface area contributed by atoms with Crippen molar-refractivity contribution in [1.29, 1.82) is 0 Å². The van der Waals surface area contributed by atoms with Gasteiger partial charge in [0.15, 0.2) is 23.2 Å². The summed E-state index contributed by atoms with van der Waals surface area (Å²) in [4.78, 5) is 19.4. The first-order chi connectivity index (χ1) is 32.7. The molecule has 0 unspecified atom stereocenters. The van der Waals surface area contributed by atoms with E-state index in [1.165, 1.54) is 37.9 Å². The molecule has 66 heavy (non-hydrogen) atoms. The summed E-state index contributed by atoms with van der Waals surface area (Å²) in [5.41, 5.74) is 11.8. The van der Waals surface area contributed by atoms with Crippen LogP contribution in [0.15, 0.2) is 231 Å². The van der Waals surface area contributed by atoms with Crippen LogP contribution in [0.1, 0.15) is 0 Å². The van der Waals surface area contributed by atoms with E-state index in [4.69, 9.17) is 21.5 Å². The van der Waals surface area contributed by atoms with Crippen LogP contribution in [-0.4, -0.2) is 15.0 Å². The quantitative estimate of drug-likeness (QED) is 0.119. The van der Waals surface area contributed by atoms with Crippen LogP contribution in [0.25, 0.3) is 127 Å². The van der Waals surface area contributed by atoms with Gasteiger partial charge >= 0.3 is 0 Å². The van der Waals surface area contributed by atoms with Crippen molar-refractivity contribution in [3.8, 4) is 78.7 Å². The van der Waals surface area contributed by atoms with E-state index in [2.05, 4.69) is 193 Å². The van der Waals surface area contributed by atoms with Gasteiger partial charge in [0.1, 0.15) is 0 Å². The minimum atomic E-state index is 0.575. The second-order valence-electron chi connectivity index (χ2n) is 16.6. The van der Waals surface area contributed by atoms with Crippen molar-refractivity contribution in [3.05, 3.63) is 242 Å². The van der Waals surface area contributed by atoms with Crippen molar-refractivity contribution in [2.45, 2.75) is 0 Å². The van der Waals surface area contributed by atoms with E-state index in [9.17, 15) is 0 Å². The van der Waals surface area contributed by atoms with Crippen molar-refractivity contribution >= 4 is 48.8 Å². The van der Waals surface area contributed by atoms with Crippen LogP contribution in [0.3, 0.4) is 0 Å². The molecule has 12 aromatic rings. The van der Waals surface area contributed by atoms with Gasteiger partial charge in [0.05, 0.1) is 6.57 Å². The maximum Gasteiger partial charge on any atom is 0.187 e. The Morgan fingerprint density at radius 2 is 0.712 bits per heavy atom. The fraction of sp³-hybridized carbons (Fsp3) is 0. The lowest BCUT2D eigenvalue weighted by atomic mass is 9.85. The van der Waals surface area contributed by atoms with Crippen LogP contribution in [0.4, 0.5) is 5.69 Å². The van der Waals surface area contributed by atoms with E-state index in [1.807, 2.05) is 42.5 Å². The Bertz CT molecular complexity index is 3900. The standard InChI is InChI=1S/C62H38N4/c1-63-45-34-37-48(59(39-45)55-27-12-11-26-53(55)51-24-9-10-25-52(51)54-30-14-28-49-46-22-7-5-16-40(46)32-35-56(49)54)43-20-13-21-44(38-43)61-64-60(42-18-3-2-4-19-42)65-62(66-61)58-31-15-29-50-47-23-8-6-17-41(47)33-36-57(50)58/h2-39H. The number of benzene rings is 11. The van der Waals surface area contributed by atoms with Crippen LogP contribution in [-0.2, 0) is 0 Å². The fourth-order valence-corrected chi connectivity index (χ4v) is 9.66. The average Bonchev–Trinajstić information content (AvgIpc) is 3.40. The highest BCUT2D eigenvalue weighted by molar-refractivity contribution is 6.14. The molecule has 4 heteroatoms. The first kappa shape index (κ1) is 38.6. The molecule has 0 aliphatic heterocycles. The average molecular weight is 839 g/mol. The van der Waals surface area contributed by atoms with Gasteiger partial charge in [-0.1, -0.05) is 218 Å². The lowest BCUT2D eigenvalue weighted by molar-refractivity contribution is 1.08. The zero-order valence-corrected chi connectivity index (χ0v) is 35.7. The second-order valence-corrected chi connectivity index (χ2v) is 16.6. The Balaban J connectivity index is 1.01. The Morgan fingerprint density at radius 3 is 1.36 bits per heavy atom. The molecular formula is C62H38N4. The SMILES string of the molecule is [C-]#[N+]c1ccc(-c2cccc(-c3nc(-c4ccccc4)nc(-c4cccc5c4ccc4ccccc45)n3)c2)c(-c2ccccc2-c2ccccc2-c2cccc3c2ccc2ccccc23)c1. The molecule has 0 N–H and O–H groups in total. The summed E-state index contributed by atoms with van der Waals surface area (Å²) in [6, 6.07) is 80.7. The van der Waals surface area contributed by atoms with Gasteiger partial charge in [-0.15, -0.1) is 0 Å². The molecule has 306 valence electrons. The normalized spacial score (nSPS) is 11.3. The molecule has 0 fully saturated rings. The maximum atomic E-state index is 8.10. The number of nitrogens with zero attached hydrogens (tertiary/aromatic N) is 4. The summed E-state index contributed by atoms with van der Waals surface area (Å²) in [5, 5.41) is 9.52. The van der Waals surface area contributed by atoms with Crippen LogP contribution < -0.4 is 0 Å². The molecule has 0 aliphatic rings. The first-order valence-corrected chi connectivity index (χ1v) is 22.1. The molecule has 0 spiro atoms. The predicted octanol–water partition coefficient (Wildman–Crippen LogP) is 16.7. The summed E-state index contributed by atoms with van der Waals surface area (Å²) < 4.78 is 0. The summed E-state index contributed by atoms with van der Waals surface area (Å²) >= 11 is 0. The monoisotopic (exact) mass is 838 g/mol. The van der Waals surface area contributed by atoms with Crippen LogP contribution in [0.2, 0.25) is 0 Å². The van der Waals surface area contributed by atoms with Crippen molar-refractivity contribution in [2.75, 3.05) is 0 Å². The van der Waals surface area contributed by atoms with Gasteiger partial charge in [0, 0.05) is 16.7 Å². The van der Waals surface area contributed by atoms with Crippen molar-refractivity contribution in [1.82, 2.24) is 15.0 Å². The van der Waals surface area contributed by atoms with Crippen LogP contribution in [0, 0.1) is 6.57 Å². The summed E-state index contributed by atoms with van der Waals surface area (Å²) in [6.45, 7) is 8.10. The van der Waals surface area contributed by atoms with Crippen molar-refractivity contribution in [2.24, 2.45) is 0 Å². The minimum absolute atomic E-state index is 0.575. The Morgan fingerprint density at radius 1 is 0.258 bits per heavy atom. The second kappa shape index (κ2) is 16.3. The molecule has 0 bridgehead atoms. The third-order valence-corrected chi connectivity index (χ3v) is 12.8. The third kappa shape index (κ3) is 6.75. The molecule has 0 radical (unpaired) electrons. The highest BCUT2D eigenvalue weighted by Crippen LogP contribution is 2.45. The number of aromatic nitrogens is 3. The molecule has 0 amide bonds. The molecule has 12 rings (SSSR count). The van der Waals surface area contributed by atoms with Crippen LogP contribution >= 0.6 is 0 Å². The first-order valence-electron chi connectivity index (χ1n) is 22.1. The van der Waals surface area contributed by atoms with Gasteiger partial charge in [-0.25, -0.2) is 19.8 Å². The highest BCUT2D eigenvalue weighted by atomic mass is 15.0. The Hall–Kier alpha value is -9.04. The number of rotatable bonds is 7. The number of hydrogen-bond acceptors (Lipinski definition) is 3. The number of fused-ring (bicyclic) bond motifs is 6. The van der Waals surface area contributed by atoms with Gasteiger partial charge in [-0.05, 0) is 99.7 Å². The van der Waals surface area contributed by atoms with E-state index < -0.39 is 0 Å². The smallest absolute Gasteiger partial charge is 0.187 e. The molecular weight excluding hydrogens is 801 g/mol. The van der Waals surface area contributed by atoms with Gasteiger partial charge in [-0.3, -0.25) is 0 Å². The zero-order valence-electron chi connectivity index (χ0n) is 35.7. The maximum absolute atomic E-state index is 8.10. The molecule has 11 aromatic carbocycles. The highest BCUT2D eigenvalue weighted by Gasteiger charge is 2.20.